The summed E-state index contributed by atoms with van der Waals surface area (Å²) in [5.74, 6) is 0.585. The van der Waals surface area contributed by atoms with Crippen molar-refractivity contribution in [2.75, 3.05) is 7.11 Å². The first-order valence-corrected chi connectivity index (χ1v) is 5.14. The molecule has 0 amide bonds. The second-order valence-corrected chi connectivity index (χ2v) is 3.63. The number of ether oxygens (including phenoxy) is 1. The third kappa shape index (κ3) is 1.92. The Morgan fingerprint density at radius 2 is 2.19 bits per heavy atom. The van der Waals surface area contributed by atoms with Crippen LogP contribution in [0.3, 0.4) is 0 Å². The number of benzene rings is 1. The maximum Gasteiger partial charge on any atom is 0.233 e. The molecule has 0 atom stereocenters. The van der Waals surface area contributed by atoms with Gasteiger partial charge in [0.1, 0.15) is 0 Å². The molecular formula is C12H15N3O. The molecule has 2 aromatic rings. The quantitative estimate of drug-likeness (QED) is 0.850. The summed E-state index contributed by atoms with van der Waals surface area (Å²) in [7, 11) is 1.60. The lowest BCUT2D eigenvalue weighted by molar-refractivity contribution is 0.394. The van der Waals surface area contributed by atoms with Crippen molar-refractivity contribution in [2.24, 2.45) is 5.73 Å². The number of nitrogens with zero attached hydrogens (tertiary/aromatic N) is 2. The minimum atomic E-state index is 0.435. The lowest BCUT2D eigenvalue weighted by atomic mass is 10.2. The molecule has 2 rings (SSSR count). The van der Waals surface area contributed by atoms with E-state index in [2.05, 4.69) is 11.2 Å². The smallest absolute Gasteiger partial charge is 0.233 e. The van der Waals surface area contributed by atoms with Gasteiger partial charge in [-0.05, 0) is 24.6 Å². The van der Waals surface area contributed by atoms with Crippen molar-refractivity contribution in [3.8, 4) is 11.6 Å². The maximum absolute atomic E-state index is 5.68. The van der Waals surface area contributed by atoms with Crippen molar-refractivity contribution in [3.05, 3.63) is 41.6 Å². The molecule has 1 aromatic carbocycles. The molecule has 16 heavy (non-hydrogen) atoms. The first kappa shape index (κ1) is 10.7. The van der Waals surface area contributed by atoms with E-state index in [1.165, 1.54) is 5.56 Å². The zero-order valence-corrected chi connectivity index (χ0v) is 9.47. The van der Waals surface area contributed by atoms with Gasteiger partial charge in [0.05, 0.1) is 18.5 Å². The van der Waals surface area contributed by atoms with E-state index in [4.69, 9.17) is 10.5 Å². The molecule has 4 nitrogen and oxygen atoms in total. The van der Waals surface area contributed by atoms with Crippen molar-refractivity contribution in [1.82, 2.24) is 9.78 Å². The van der Waals surface area contributed by atoms with Gasteiger partial charge in [0.15, 0.2) is 0 Å². The lowest BCUT2D eigenvalue weighted by Crippen LogP contribution is -2.06. The van der Waals surface area contributed by atoms with E-state index in [1.807, 2.05) is 35.9 Å². The van der Waals surface area contributed by atoms with Crippen LogP contribution in [-0.4, -0.2) is 16.9 Å². The Bertz CT molecular complexity index is 491. The van der Waals surface area contributed by atoms with E-state index in [0.717, 1.165) is 11.4 Å². The van der Waals surface area contributed by atoms with Gasteiger partial charge in [-0.3, -0.25) is 0 Å². The van der Waals surface area contributed by atoms with Crippen LogP contribution in [0.25, 0.3) is 5.69 Å². The fraction of sp³-hybridized carbons (Fsp3) is 0.250. The van der Waals surface area contributed by atoms with Crippen LogP contribution in [-0.2, 0) is 6.54 Å². The molecule has 2 N–H and O–H groups in total. The molecule has 0 aliphatic carbocycles. The summed E-state index contributed by atoms with van der Waals surface area (Å²) in [4.78, 5) is 0. The minimum Gasteiger partial charge on any atom is -0.480 e. The number of hydrogen-bond acceptors (Lipinski definition) is 3. The molecule has 0 bridgehead atoms. The van der Waals surface area contributed by atoms with Gasteiger partial charge in [0.2, 0.25) is 5.88 Å². The van der Waals surface area contributed by atoms with Crippen LogP contribution in [0.4, 0.5) is 0 Å². The van der Waals surface area contributed by atoms with Crippen LogP contribution in [0.2, 0.25) is 0 Å². The van der Waals surface area contributed by atoms with E-state index in [9.17, 15) is 0 Å². The van der Waals surface area contributed by atoms with Gasteiger partial charge in [0.25, 0.3) is 0 Å². The van der Waals surface area contributed by atoms with Crippen LogP contribution >= 0.6 is 0 Å². The third-order valence-corrected chi connectivity index (χ3v) is 2.43. The standard InChI is InChI=1S/C12H15N3O/c1-9-4-3-5-10(6-9)15-11(8-13)7-12(14-15)16-2/h3-7H,8,13H2,1-2H3. The van der Waals surface area contributed by atoms with Crippen molar-refractivity contribution in [1.29, 1.82) is 0 Å². The van der Waals surface area contributed by atoms with Gasteiger partial charge in [-0.15, -0.1) is 5.10 Å². The van der Waals surface area contributed by atoms with E-state index in [-0.39, 0.29) is 0 Å². The van der Waals surface area contributed by atoms with Gasteiger partial charge in [0, 0.05) is 12.6 Å². The highest BCUT2D eigenvalue weighted by Crippen LogP contribution is 2.17. The summed E-state index contributed by atoms with van der Waals surface area (Å²) in [5, 5.41) is 4.33. The molecule has 4 heteroatoms. The average molecular weight is 217 g/mol. The summed E-state index contributed by atoms with van der Waals surface area (Å²) in [6, 6.07) is 9.96. The van der Waals surface area contributed by atoms with Gasteiger partial charge in [-0.25, -0.2) is 4.68 Å². The predicted molar refractivity (Wildman–Crippen MR) is 62.7 cm³/mol. The molecule has 84 valence electrons. The average Bonchev–Trinajstić information content (AvgIpc) is 2.72. The highest BCUT2D eigenvalue weighted by Gasteiger charge is 2.08. The molecule has 0 aliphatic rings. The number of methoxy groups -OCH3 is 1. The first-order valence-electron chi connectivity index (χ1n) is 5.14. The fourth-order valence-corrected chi connectivity index (χ4v) is 1.62. The highest BCUT2D eigenvalue weighted by molar-refractivity contribution is 5.37. The number of aromatic nitrogens is 2. The van der Waals surface area contributed by atoms with Gasteiger partial charge in [-0.2, -0.15) is 0 Å². The number of nitrogens with two attached hydrogens (primary N) is 1. The normalized spacial score (nSPS) is 10.4. The summed E-state index contributed by atoms with van der Waals surface area (Å²) < 4.78 is 6.91. The Balaban J connectivity index is 2.50. The molecule has 0 radical (unpaired) electrons. The molecule has 0 saturated carbocycles. The lowest BCUT2D eigenvalue weighted by Gasteiger charge is -2.05. The Hall–Kier alpha value is -1.81. The largest absolute Gasteiger partial charge is 0.480 e. The molecule has 0 spiro atoms. The third-order valence-electron chi connectivity index (χ3n) is 2.43. The van der Waals surface area contributed by atoms with Gasteiger partial charge >= 0.3 is 0 Å². The second kappa shape index (κ2) is 4.37. The minimum absolute atomic E-state index is 0.435. The van der Waals surface area contributed by atoms with Crippen LogP contribution in [0.1, 0.15) is 11.3 Å². The molecule has 1 heterocycles. The van der Waals surface area contributed by atoms with E-state index < -0.39 is 0 Å². The van der Waals surface area contributed by atoms with Crippen LogP contribution in [0.15, 0.2) is 30.3 Å². The molecule has 0 fully saturated rings. The fourth-order valence-electron chi connectivity index (χ4n) is 1.62. The molecule has 1 aromatic heterocycles. The zero-order valence-electron chi connectivity index (χ0n) is 9.47. The SMILES string of the molecule is COc1cc(CN)n(-c2cccc(C)c2)n1. The van der Waals surface area contributed by atoms with Crippen molar-refractivity contribution in [2.45, 2.75) is 13.5 Å². The molecule has 0 unspecified atom stereocenters. The van der Waals surface area contributed by atoms with Crippen molar-refractivity contribution < 1.29 is 4.74 Å². The van der Waals surface area contributed by atoms with E-state index in [1.54, 1.807) is 7.11 Å². The first-order chi connectivity index (χ1) is 7.74. The predicted octanol–water partition coefficient (Wildman–Crippen LogP) is 1.65. The molecular weight excluding hydrogens is 202 g/mol. The van der Waals surface area contributed by atoms with Crippen molar-refractivity contribution in [3.63, 3.8) is 0 Å². The van der Waals surface area contributed by atoms with Crippen molar-refractivity contribution >= 4 is 0 Å². The van der Waals surface area contributed by atoms with Gasteiger partial charge < -0.3 is 10.5 Å². The van der Waals surface area contributed by atoms with E-state index in [0.29, 0.717) is 12.4 Å². The van der Waals surface area contributed by atoms with E-state index >= 15 is 0 Å². The monoisotopic (exact) mass is 217 g/mol. The van der Waals surface area contributed by atoms with Crippen LogP contribution in [0.5, 0.6) is 5.88 Å². The maximum atomic E-state index is 5.68. The summed E-state index contributed by atoms with van der Waals surface area (Å²) in [6.45, 7) is 2.48. The van der Waals surface area contributed by atoms with Crippen LogP contribution < -0.4 is 10.5 Å². The summed E-state index contributed by atoms with van der Waals surface area (Å²) in [5.41, 5.74) is 8.80. The molecule has 0 aliphatic heterocycles. The number of aryl methyl sites for hydroxylation is 1. The van der Waals surface area contributed by atoms with Crippen LogP contribution in [0, 0.1) is 6.92 Å². The zero-order chi connectivity index (χ0) is 11.5. The number of hydrogen-bond donors (Lipinski definition) is 1. The van der Waals surface area contributed by atoms with Gasteiger partial charge in [-0.1, -0.05) is 12.1 Å². The number of rotatable bonds is 3. The Morgan fingerprint density at radius 1 is 1.38 bits per heavy atom. The highest BCUT2D eigenvalue weighted by atomic mass is 16.5. The Labute approximate surface area is 94.6 Å². The molecule has 0 saturated heterocycles. The summed E-state index contributed by atoms with van der Waals surface area (Å²) >= 11 is 0. The Morgan fingerprint density at radius 3 is 2.81 bits per heavy atom. The topological polar surface area (TPSA) is 53.1 Å². The summed E-state index contributed by atoms with van der Waals surface area (Å²) in [6.07, 6.45) is 0. The second-order valence-electron chi connectivity index (χ2n) is 3.63. The Kier molecular flexibility index (Phi) is 2.92.